The van der Waals surface area contributed by atoms with Crippen LogP contribution in [0.5, 0.6) is 11.5 Å². The molecule has 6 nitrogen and oxygen atoms in total. The zero-order chi connectivity index (χ0) is 19.4. The van der Waals surface area contributed by atoms with Gasteiger partial charge in [-0.25, -0.2) is 0 Å². The minimum atomic E-state index is -0.312. The third-order valence-electron chi connectivity index (χ3n) is 4.72. The van der Waals surface area contributed by atoms with Crippen molar-refractivity contribution < 1.29 is 19.1 Å². The molecular formula is C21H24N2O4. The zero-order valence-corrected chi connectivity index (χ0v) is 15.7. The summed E-state index contributed by atoms with van der Waals surface area (Å²) in [4.78, 5) is 24.8. The van der Waals surface area contributed by atoms with Crippen LogP contribution in [-0.4, -0.2) is 26.0 Å². The van der Waals surface area contributed by atoms with Crippen LogP contribution in [0.15, 0.2) is 42.5 Å². The van der Waals surface area contributed by atoms with E-state index >= 15 is 0 Å². The van der Waals surface area contributed by atoms with Crippen LogP contribution >= 0.6 is 0 Å². The molecule has 1 aliphatic carbocycles. The molecular weight excluding hydrogens is 344 g/mol. The van der Waals surface area contributed by atoms with Crippen molar-refractivity contribution in [3.63, 3.8) is 0 Å². The van der Waals surface area contributed by atoms with Crippen LogP contribution in [0, 0.1) is 18.8 Å². The maximum Gasteiger partial charge on any atom is 0.228 e. The Balaban J connectivity index is 1.55. The van der Waals surface area contributed by atoms with Crippen LogP contribution in [0.1, 0.15) is 17.5 Å². The Bertz CT molecular complexity index is 850. The van der Waals surface area contributed by atoms with Gasteiger partial charge in [0.15, 0.2) is 0 Å². The summed E-state index contributed by atoms with van der Waals surface area (Å²) in [5.41, 5.74) is 2.55. The molecule has 0 spiro atoms. The van der Waals surface area contributed by atoms with Gasteiger partial charge in [0.25, 0.3) is 0 Å². The quantitative estimate of drug-likeness (QED) is 0.788. The molecule has 1 fully saturated rings. The molecule has 3 rings (SSSR count). The van der Waals surface area contributed by atoms with Gasteiger partial charge in [0.05, 0.1) is 31.7 Å². The number of ether oxygens (including phenoxy) is 2. The first-order valence-corrected chi connectivity index (χ1v) is 8.88. The fourth-order valence-electron chi connectivity index (χ4n) is 3.08. The maximum atomic E-state index is 12.5. The number of anilines is 1. The average Bonchev–Trinajstić information content (AvgIpc) is 3.47. The number of para-hydroxylation sites is 1. The maximum absolute atomic E-state index is 12.5. The number of rotatable bonds is 7. The molecule has 2 N–H and O–H groups in total. The summed E-state index contributed by atoms with van der Waals surface area (Å²) >= 11 is 0. The second-order valence-corrected chi connectivity index (χ2v) is 6.67. The third kappa shape index (κ3) is 4.39. The first kappa shape index (κ1) is 18.8. The smallest absolute Gasteiger partial charge is 0.228 e. The molecule has 0 aromatic heterocycles. The van der Waals surface area contributed by atoms with Gasteiger partial charge in [-0.05, 0) is 37.1 Å². The van der Waals surface area contributed by atoms with Crippen LogP contribution in [0.4, 0.5) is 5.69 Å². The van der Waals surface area contributed by atoms with E-state index in [-0.39, 0.29) is 23.7 Å². The standard InChI is InChI=1S/C21H24N2O4/c1-13-8-9-19(27-3)17(10-13)23-21(25)16-11-15(16)20(24)22-12-14-6-4-5-7-18(14)26-2/h4-10,15-16H,11-12H2,1-3H3,(H,22,24)(H,23,25). The summed E-state index contributed by atoms with van der Waals surface area (Å²) in [5.74, 6) is 0.457. The number of aryl methyl sites for hydroxylation is 1. The van der Waals surface area contributed by atoms with Crippen LogP contribution < -0.4 is 20.1 Å². The van der Waals surface area contributed by atoms with Crippen molar-refractivity contribution in [3.8, 4) is 11.5 Å². The normalized spacial score (nSPS) is 17.7. The molecule has 0 aliphatic heterocycles. The molecule has 6 heteroatoms. The van der Waals surface area contributed by atoms with Gasteiger partial charge in [0.1, 0.15) is 11.5 Å². The Labute approximate surface area is 158 Å². The van der Waals surface area contributed by atoms with Crippen molar-refractivity contribution in [1.29, 1.82) is 0 Å². The highest BCUT2D eigenvalue weighted by Crippen LogP contribution is 2.40. The first-order valence-electron chi connectivity index (χ1n) is 8.88. The van der Waals surface area contributed by atoms with Crippen molar-refractivity contribution in [2.75, 3.05) is 19.5 Å². The largest absolute Gasteiger partial charge is 0.496 e. The number of benzene rings is 2. The van der Waals surface area contributed by atoms with Gasteiger partial charge in [0.2, 0.25) is 11.8 Å². The number of amides is 2. The number of carbonyl (C=O) groups is 2. The van der Waals surface area contributed by atoms with Gasteiger partial charge in [-0.3, -0.25) is 9.59 Å². The van der Waals surface area contributed by atoms with Gasteiger partial charge in [-0.15, -0.1) is 0 Å². The van der Waals surface area contributed by atoms with Crippen molar-refractivity contribution in [2.45, 2.75) is 19.9 Å². The molecule has 0 radical (unpaired) electrons. The van der Waals surface area contributed by atoms with E-state index in [9.17, 15) is 9.59 Å². The van der Waals surface area contributed by atoms with Gasteiger partial charge in [-0.1, -0.05) is 24.3 Å². The summed E-state index contributed by atoms with van der Waals surface area (Å²) in [6.07, 6.45) is 0.553. The predicted molar refractivity (Wildman–Crippen MR) is 103 cm³/mol. The number of carbonyl (C=O) groups excluding carboxylic acids is 2. The van der Waals surface area contributed by atoms with Crippen LogP contribution in [0.25, 0.3) is 0 Å². The lowest BCUT2D eigenvalue weighted by Crippen LogP contribution is -2.27. The molecule has 2 aromatic carbocycles. The lowest BCUT2D eigenvalue weighted by Gasteiger charge is -2.11. The second-order valence-electron chi connectivity index (χ2n) is 6.67. The predicted octanol–water partition coefficient (Wildman–Crippen LogP) is 2.90. The van der Waals surface area contributed by atoms with E-state index in [0.717, 1.165) is 16.9 Å². The summed E-state index contributed by atoms with van der Waals surface area (Å²) in [6.45, 7) is 2.32. The fourth-order valence-corrected chi connectivity index (χ4v) is 3.08. The molecule has 2 atom stereocenters. The number of hydrogen-bond donors (Lipinski definition) is 2. The fraction of sp³-hybridized carbons (Fsp3) is 0.333. The first-order chi connectivity index (χ1) is 13.0. The summed E-state index contributed by atoms with van der Waals surface area (Å²) in [6, 6.07) is 13.1. The third-order valence-corrected chi connectivity index (χ3v) is 4.72. The van der Waals surface area contributed by atoms with Gasteiger partial charge in [-0.2, -0.15) is 0 Å². The number of hydrogen-bond acceptors (Lipinski definition) is 4. The molecule has 2 amide bonds. The second kappa shape index (κ2) is 8.12. The van der Waals surface area contributed by atoms with E-state index in [1.807, 2.05) is 49.4 Å². The monoisotopic (exact) mass is 368 g/mol. The molecule has 142 valence electrons. The Morgan fingerprint density at radius 1 is 1.00 bits per heavy atom. The molecule has 27 heavy (non-hydrogen) atoms. The van der Waals surface area contributed by atoms with E-state index in [4.69, 9.17) is 9.47 Å². The zero-order valence-electron chi connectivity index (χ0n) is 15.7. The lowest BCUT2D eigenvalue weighted by atomic mass is 10.2. The van der Waals surface area contributed by atoms with Crippen LogP contribution in [0.2, 0.25) is 0 Å². The van der Waals surface area contributed by atoms with E-state index < -0.39 is 0 Å². The van der Waals surface area contributed by atoms with Gasteiger partial charge < -0.3 is 20.1 Å². The van der Waals surface area contributed by atoms with Crippen LogP contribution in [0.3, 0.4) is 0 Å². The molecule has 1 aliphatic rings. The number of methoxy groups -OCH3 is 2. The summed E-state index contributed by atoms with van der Waals surface area (Å²) in [7, 11) is 3.16. The van der Waals surface area contributed by atoms with Crippen molar-refractivity contribution in [3.05, 3.63) is 53.6 Å². The Morgan fingerprint density at radius 2 is 1.70 bits per heavy atom. The Hall–Kier alpha value is -3.02. The van der Waals surface area contributed by atoms with Crippen LogP contribution in [-0.2, 0) is 16.1 Å². The van der Waals surface area contributed by atoms with Crippen molar-refractivity contribution in [2.24, 2.45) is 11.8 Å². The average molecular weight is 368 g/mol. The highest BCUT2D eigenvalue weighted by Gasteiger charge is 2.48. The van der Waals surface area contributed by atoms with Crippen molar-refractivity contribution in [1.82, 2.24) is 5.32 Å². The highest BCUT2D eigenvalue weighted by atomic mass is 16.5. The van der Waals surface area contributed by atoms with E-state index in [2.05, 4.69) is 10.6 Å². The lowest BCUT2D eigenvalue weighted by molar-refractivity contribution is -0.125. The molecule has 1 saturated carbocycles. The molecule has 0 saturated heterocycles. The Kier molecular flexibility index (Phi) is 5.64. The topological polar surface area (TPSA) is 76.7 Å². The summed E-state index contributed by atoms with van der Waals surface area (Å²) in [5, 5.41) is 5.77. The molecule has 2 aromatic rings. The highest BCUT2D eigenvalue weighted by molar-refractivity contribution is 6.00. The molecule has 0 bridgehead atoms. The SMILES string of the molecule is COc1ccccc1CNC(=O)C1CC1C(=O)Nc1cc(C)ccc1OC. The minimum Gasteiger partial charge on any atom is -0.496 e. The van der Waals surface area contributed by atoms with E-state index in [1.54, 1.807) is 14.2 Å². The Morgan fingerprint density at radius 3 is 2.44 bits per heavy atom. The van der Waals surface area contributed by atoms with E-state index in [1.165, 1.54) is 0 Å². The van der Waals surface area contributed by atoms with Gasteiger partial charge in [0, 0.05) is 12.1 Å². The molecule has 0 heterocycles. The minimum absolute atomic E-state index is 0.114. The molecule has 2 unspecified atom stereocenters. The van der Waals surface area contributed by atoms with Crippen molar-refractivity contribution >= 4 is 17.5 Å². The van der Waals surface area contributed by atoms with Gasteiger partial charge >= 0.3 is 0 Å². The number of nitrogens with one attached hydrogen (secondary N) is 2. The summed E-state index contributed by atoms with van der Waals surface area (Å²) < 4.78 is 10.6. The van der Waals surface area contributed by atoms with E-state index in [0.29, 0.717) is 24.4 Å².